The van der Waals surface area contributed by atoms with Crippen LogP contribution in [0.25, 0.3) is 11.1 Å². The number of fused-ring (bicyclic) bond motifs is 3. The van der Waals surface area contributed by atoms with Gasteiger partial charge in [-0.1, -0.05) is 48.5 Å². The van der Waals surface area contributed by atoms with E-state index in [0.717, 1.165) is 0 Å². The Balaban J connectivity index is 1.27. The minimum Gasteiger partial charge on any atom is -0.480 e. The number of aliphatic carboxylic acids is 1. The van der Waals surface area contributed by atoms with Crippen LogP contribution >= 0.6 is 0 Å². The Morgan fingerprint density at radius 1 is 0.806 bits per heavy atom. The van der Waals surface area contributed by atoms with Crippen LogP contribution in [-0.4, -0.2) is 70.0 Å². The number of hydrogen-bond donors (Lipinski definition) is 2. The SMILES string of the molecule is O=C(O)COCCOCCOCCNC(=O)OCC1c2ccccc2-c2ccccc21. The first-order valence-electron chi connectivity index (χ1n) is 10.2. The number of carbonyl (C=O) groups excluding carboxylic acids is 1. The van der Waals surface area contributed by atoms with Crippen molar-refractivity contribution in [1.29, 1.82) is 0 Å². The van der Waals surface area contributed by atoms with Crippen LogP contribution in [-0.2, 0) is 23.7 Å². The number of hydrogen-bond acceptors (Lipinski definition) is 6. The number of rotatable bonds is 13. The summed E-state index contributed by atoms with van der Waals surface area (Å²) in [6.07, 6.45) is -0.475. The number of nitrogens with one attached hydrogen (secondary N) is 1. The zero-order valence-corrected chi connectivity index (χ0v) is 17.2. The van der Waals surface area contributed by atoms with Crippen molar-refractivity contribution < 1.29 is 33.6 Å². The van der Waals surface area contributed by atoms with Crippen LogP contribution in [0, 0.1) is 0 Å². The van der Waals surface area contributed by atoms with E-state index in [2.05, 4.69) is 29.6 Å². The van der Waals surface area contributed by atoms with Crippen LogP contribution in [0.2, 0.25) is 0 Å². The van der Waals surface area contributed by atoms with Crippen molar-refractivity contribution in [3.63, 3.8) is 0 Å². The van der Waals surface area contributed by atoms with Gasteiger partial charge in [0.2, 0.25) is 0 Å². The summed E-state index contributed by atoms with van der Waals surface area (Å²) in [5, 5.41) is 11.1. The molecule has 0 saturated carbocycles. The van der Waals surface area contributed by atoms with Crippen molar-refractivity contribution in [3.05, 3.63) is 59.7 Å². The molecule has 0 spiro atoms. The molecule has 0 saturated heterocycles. The van der Waals surface area contributed by atoms with Crippen molar-refractivity contribution in [3.8, 4) is 11.1 Å². The summed E-state index contributed by atoms with van der Waals surface area (Å²) in [4.78, 5) is 22.3. The van der Waals surface area contributed by atoms with Gasteiger partial charge >= 0.3 is 12.1 Å². The van der Waals surface area contributed by atoms with Crippen molar-refractivity contribution in [1.82, 2.24) is 5.32 Å². The summed E-state index contributed by atoms with van der Waals surface area (Å²) < 4.78 is 20.9. The van der Waals surface area contributed by atoms with Gasteiger partial charge in [-0.05, 0) is 22.3 Å². The van der Waals surface area contributed by atoms with E-state index in [1.807, 2.05) is 24.3 Å². The van der Waals surface area contributed by atoms with Gasteiger partial charge in [0.1, 0.15) is 13.2 Å². The molecule has 1 amide bonds. The molecule has 1 aliphatic rings. The van der Waals surface area contributed by atoms with Crippen LogP contribution in [0.1, 0.15) is 17.0 Å². The van der Waals surface area contributed by atoms with Crippen LogP contribution in [0.15, 0.2) is 48.5 Å². The molecule has 0 bridgehead atoms. The Labute approximate surface area is 181 Å². The van der Waals surface area contributed by atoms with Crippen molar-refractivity contribution in [2.45, 2.75) is 5.92 Å². The molecular weight excluding hydrogens is 402 g/mol. The normalized spacial score (nSPS) is 12.3. The maximum Gasteiger partial charge on any atom is 0.407 e. The monoisotopic (exact) mass is 429 g/mol. The average molecular weight is 429 g/mol. The highest BCUT2D eigenvalue weighted by atomic mass is 16.6. The lowest BCUT2D eigenvalue weighted by Crippen LogP contribution is -2.29. The molecule has 31 heavy (non-hydrogen) atoms. The summed E-state index contributed by atoms with van der Waals surface area (Å²) >= 11 is 0. The first-order valence-corrected chi connectivity index (χ1v) is 10.2. The Morgan fingerprint density at radius 2 is 1.35 bits per heavy atom. The van der Waals surface area contributed by atoms with Gasteiger partial charge in [-0.2, -0.15) is 0 Å². The van der Waals surface area contributed by atoms with Crippen LogP contribution in [0.4, 0.5) is 4.79 Å². The highest BCUT2D eigenvalue weighted by Crippen LogP contribution is 2.44. The van der Waals surface area contributed by atoms with Gasteiger partial charge in [-0.15, -0.1) is 0 Å². The van der Waals surface area contributed by atoms with Gasteiger partial charge in [0, 0.05) is 12.5 Å². The van der Waals surface area contributed by atoms with Crippen molar-refractivity contribution in [2.24, 2.45) is 0 Å². The number of carboxylic acids is 1. The summed E-state index contributed by atoms with van der Waals surface area (Å²) in [5.74, 6) is -0.974. The fourth-order valence-electron chi connectivity index (χ4n) is 3.47. The average Bonchev–Trinajstić information content (AvgIpc) is 3.09. The molecule has 2 aromatic carbocycles. The molecule has 0 radical (unpaired) electrons. The molecule has 0 unspecified atom stereocenters. The molecule has 0 aliphatic heterocycles. The third-order valence-corrected chi connectivity index (χ3v) is 4.83. The second-order valence-electron chi connectivity index (χ2n) is 6.92. The molecule has 2 aromatic rings. The van der Waals surface area contributed by atoms with Crippen molar-refractivity contribution >= 4 is 12.1 Å². The third-order valence-electron chi connectivity index (χ3n) is 4.83. The maximum atomic E-state index is 12.0. The second-order valence-corrected chi connectivity index (χ2v) is 6.92. The fourth-order valence-corrected chi connectivity index (χ4v) is 3.47. The Morgan fingerprint density at radius 3 is 1.97 bits per heavy atom. The standard InChI is InChI=1S/C23H27NO7/c25-22(26)16-30-14-13-29-12-11-28-10-9-24-23(27)31-15-21-19-7-3-1-5-17(19)18-6-2-4-8-20(18)21/h1-8,21H,9-16H2,(H,24,27)(H,25,26). The highest BCUT2D eigenvalue weighted by molar-refractivity contribution is 5.79. The summed E-state index contributed by atoms with van der Waals surface area (Å²) in [7, 11) is 0. The lowest BCUT2D eigenvalue weighted by molar-refractivity contribution is -0.142. The number of ether oxygens (including phenoxy) is 4. The van der Waals surface area contributed by atoms with Crippen LogP contribution < -0.4 is 5.32 Å². The van der Waals surface area contributed by atoms with E-state index < -0.39 is 12.1 Å². The molecule has 1 aliphatic carbocycles. The van der Waals surface area contributed by atoms with Gasteiger partial charge in [0.05, 0.1) is 33.0 Å². The summed E-state index contributed by atoms with van der Waals surface area (Å²) in [5.41, 5.74) is 4.73. The van der Waals surface area contributed by atoms with E-state index in [1.165, 1.54) is 22.3 Å². The number of benzene rings is 2. The minimum absolute atomic E-state index is 0.0334. The molecular formula is C23H27NO7. The Hall–Kier alpha value is -2.94. The van der Waals surface area contributed by atoms with E-state index in [9.17, 15) is 9.59 Å². The Bertz CT molecular complexity index is 825. The van der Waals surface area contributed by atoms with Crippen LogP contribution in [0.5, 0.6) is 0 Å². The zero-order valence-electron chi connectivity index (χ0n) is 17.2. The lowest BCUT2D eigenvalue weighted by atomic mass is 9.98. The van der Waals surface area contributed by atoms with Crippen molar-refractivity contribution in [2.75, 3.05) is 52.8 Å². The first kappa shape index (κ1) is 22.7. The van der Waals surface area contributed by atoms with Gasteiger partial charge in [0.25, 0.3) is 0 Å². The molecule has 2 N–H and O–H groups in total. The smallest absolute Gasteiger partial charge is 0.407 e. The van der Waals surface area contributed by atoms with Gasteiger partial charge < -0.3 is 29.4 Å². The molecule has 0 fully saturated rings. The number of carboxylic acid groups (broad SMARTS) is 1. The topological polar surface area (TPSA) is 103 Å². The van der Waals surface area contributed by atoms with E-state index >= 15 is 0 Å². The molecule has 0 heterocycles. The Kier molecular flexibility index (Phi) is 8.84. The van der Waals surface area contributed by atoms with Gasteiger partial charge in [-0.25, -0.2) is 9.59 Å². The molecule has 8 heteroatoms. The molecule has 8 nitrogen and oxygen atoms in total. The predicted octanol–water partition coefficient (Wildman–Crippen LogP) is 2.66. The lowest BCUT2D eigenvalue weighted by Gasteiger charge is -2.14. The number of alkyl carbamates (subject to hydrolysis) is 1. The van der Waals surface area contributed by atoms with E-state index in [4.69, 9.17) is 24.1 Å². The van der Waals surface area contributed by atoms with Crippen LogP contribution in [0.3, 0.4) is 0 Å². The molecule has 3 rings (SSSR count). The van der Waals surface area contributed by atoms with Gasteiger partial charge in [-0.3, -0.25) is 0 Å². The zero-order chi connectivity index (χ0) is 21.9. The molecule has 166 valence electrons. The first-order chi connectivity index (χ1) is 15.2. The number of carbonyl (C=O) groups is 2. The molecule has 0 atom stereocenters. The maximum absolute atomic E-state index is 12.0. The second kappa shape index (κ2) is 12.0. The fraction of sp³-hybridized carbons (Fsp3) is 0.391. The van der Waals surface area contributed by atoms with E-state index in [-0.39, 0.29) is 25.7 Å². The molecule has 0 aromatic heterocycles. The summed E-state index contributed by atoms with van der Waals surface area (Å²) in [6, 6.07) is 16.4. The van der Waals surface area contributed by atoms with Gasteiger partial charge in [0.15, 0.2) is 0 Å². The highest BCUT2D eigenvalue weighted by Gasteiger charge is 2.28. The number of amides is 1. The quantitative estimate of drug-likeness (QED) is 0.472. The largest absolute Gasteiger partial charge is 0.480 e. The van der Waals surface area contributed by atoms with E-state index in [1.54, 1.807) is 0 Å². The summed E-state index contributed by atoms with van der Waals surface area (Å²) in [6.45, 7) is 1.86. The third kappa shape index (κ3) is 6.78. The van der Waals surface area contributed by atoms with E-state index in [0.29, 0.717) is 33.0 Å². The predicted molar refractivity (Wildman–Crippen MR) is 113 cm³/mol. The minimum atomic E-state index is -1.01.